The third-order valence-electron chi connectivity index (χ3n) is 1.96. The van der Waals surface area contributed by atoms with Crippen molar-refractivity contribution < 1.29 is 0 Å². The molecular weight excluding hydrogens is 234 g/mol. The van der Waals surface area contributed by atoms with Gasteiger partial charge in [-0.3, -0.25) is 4.98 Å². The monoisotopic (exact) mass is 237 g/mol. The first-order valence-corrected chi connectivity index (χ1v) is 5.26. The van der Waals surface area contributed by atoms with Crippen molar-refractivity contribution in [3.63, 3.8) is 0 Å². The van der Waals surface area contributed by atoms with Crippen LogP contribution in [0.25, 0.3) is 16.1 Å². The topological polar surface area (TPSA) is 56.0 Å². The highest BCUT2D eigenvalue weighted by Gasteiger charge is 2.10. The molecule has 0 atom stereocenters. The molecule has 0 aliphatic rings. The van der Waals surface area contributed by atoms with Crippen molar-refractivity contribution in [3.8, 4) is 10.6 Å². The molecule has 0 amide bonds. The van der Waals surface area contributed by atoms with E-state index in [0.29, 0.717) is 0 Å². The molecule has 0 bridgehead atoms. The van der Waals surface area contributed by atoms with E-state index in [1.54, 1.807) is 29.3 Å². The summed E-state index contributed by atoms with van der Waals surface area (Å²) < 4.78 is 5.65. The van der Waals surface area contributed by atoms with Crippen LogP contribution in [0.4, 0.5) is 0 Å². The van der Waals surface area contributed by atoms with Crippen LogP contribution in [0.2, 0.25) is 5.28 Å². The lowest BCUT2D eigenvalue weighted by molar-refractivity contribution is 0.946. The number of rotatable bonds is 1. The van der Waals surface area contributed by atoms with Gasteiger partial charge in [-0.1, -0.05) is 0 Å². The second-order valence-corrected chi connectivity index (χ2v) is 3.92. The van der Waals surface area contributed by atoms with E-state index in [2.05, 4.69) is 19.4 Å². The van der Waals surface area contributed by atoms with Crippen molar-refractivity contribution >= 4 is 28.7 Å². The molecule has 3 aromatic rings. The van der Waals surface area contributed by atoms with Gasteiger partial charge in [-0.15, -0.1) is 0 Å². The van der Waals surface area contributed by atoms with E-state index in [1.807, 2.05) is 0 Å². The molecule has 0 saturated heterocycles. The Morgan fingerprint density at radius 1 is 1.33 bits per heavy atom. The minimum atomic E-state index is 0.262. The molecule has 0 saturated carbocycles. The molecule has 7 heteroatoms. The van der Waals surface area contributed by atoms with Crippen LogP contribution in [-0.4, -0.2) is 24.0 Å². The predicted molar refractivity (Wildman–Crippen MR) is 56.9 cm³/mol. The van der Waals surface area contributed by atoms with Gasteiger partial charge in [0.2, 0.25) is 5.28 Å². The standard InChI is InChI=1S/C8H4ClN5S/c9-8-12-7(15-13-8)5-3-11-14-2-1-10-4-6(5)14/h1-4H. The van der Waals surface area contributed by atoms with E-state index in [9.17, 15) is 0 Å². The molecule has 0 radical (unpaired) electrons. The predicted octanol–water partition coefficient (Wildman–Crippen LogP) is 1.90. The van der Waals surface area contributed by atoms with Crippen molar-refractivity contribution in [1.82, 2.24) is 24.0 Å². The average molecular weight is 238 g/mol. The fourth-order valence-electron chi connectivity index (χ4n) is 1.31. The first-order chi connectivity index (χ1) is 7.34. The SMILES string of the molecule is Clc1nsc(-c2cnn3ccncc23)n1. The zero-order valence-electron chi connectivity index (χ0n) is 7.33. The van der Waals surface area contributed by atoms with E-state index in [4.69, 9.17) is 11.6 Å². The number of hydrogen-bond donors (Lipinski definition) is 0. The fourth-order valence-corrected chi connectivity index (χ4v) is 2.14. The summed E-state index contributed by atoms with van der Waals surface area (Å²) in [5.74, 6) is 0. The van der Waals surface area contributed by atoms with Gasteiger partial charge in [-0.05, 0) is 23.1 Å². The minimum Gasteiger partial charge on any atom is -0.261 e. The Hall–Kier alpha value is -1.53. The van der Waals surface area contributed by atoms with Gasteiger partial charge in [0, 0.05) is 12.4 Å². The molecular formula is C8H4ClN5S. The van der Waals surface area contributed by atoms with Crippen LogP contribution in [0.3, 0.4) is 0 Å². The molecule has 0 unspecified atom stereocenters. The van der Waals surface area contributed by atoms with Crippen LogP contribution in [0.15, 0.2) is 24.8 Å². The second-order valence-electron chi connectivity index (χ2n) is 2.83. The van der Waals surface area contributed by atoms with Gasteiger partial charge < -0.3 is 0 Å². The smallest absolute Gasteiger partial charge is 0.234 e. The number of fused-ring (bicyclic) bond motifs is 1. The maximum Gasteiger partial charge on any atom is 0.234 e. The van der Waals surface area contributed by atoms with E-state index in [-0.39, 0.29) is 5.28 Å². The highest BCUT2D eigenvalue weighted by Crippen LogP contribution is 2.26. The zero-order valence-corrected chi connectivity index (χ0v) is 8.90. The molecule has 0 fully saturated rings. The maximum absolute atomic E-state index is 5.67. The van der Waals surface area contributed by atoms with E-state index >= 15 is 0 Å². The third kappa shape index (κ3) is 1.38. The van der Waals surface area contributed by atoms with Crippen molar-refractivity contribution in [2.75, 3.05) is 0 Å². The summed E-state index contributed by atoms with van der Waals surface area (Å²) in [5, 5.41) is 5.19. The average Bonchev–Trinajstić information content (AvgIpc) is 2.83. The molecule has 0 aliphatic carbocycles. The minimum absolute atomic E-state index is 0.262. The maximum atomic E-state index is 5.67. The van der Waals surface area contributed by atoms with Gasteiger partial charge in [0.25, 0.3) is 0 Å². The fraction of sp³-hybridized carbons (Fsp3) is 0. The third-order valence-corrected chi connectivity index (χ3v) is 2.97. The second kappa shape index (κ2) is 3.25. The number of hydrogen-bond acceptors (Lipinski definition) is 5. The number of aromatic nitrogens is 5. The van der Waals surface area contributed by atoms with Crippen LogP contribution in [0.1, 0.15) is 0 Å². The molecule has 0 spiro atoms. The summed E-state index contributed by atoms with van der Waals surface area (Å²) >= 11 is 6.92. The van der Waals surface area contributed by atoms with Crippen molar-refractivity contribution in [2.45, 2.75) is 0 Å². The van der Waals surface area contributed by atoms with Crippen molar-refractivity contribution in [3.05, 3.63) is 30.1 Å². The van der Waals surface area contributed by atoms with Gasteiger partial charge in [-0.25, -0.2) is 9.50 Å². The summed E-state index contributed by atoms with van der Waals surface area (Å²) in [5.41, 5.74) is 1.79. The quantitative estimate of drug-likeness (QED) is 0.649. The van der Waals surface area contributed by atoms with Crippen LogP contribution >= 0.6 is 23.1 Å². The molecule has 0 aromatic carbocycles. The summed E-state index contributed by atoms with van der Waals surface area (Å²) in [4.78, 5) is 8.14. The molecule has 74 valence electrons. The van der Waals surface area contributed by atoms with Gasteiger partial charge in [0.15, 0.2) is 0 Å². The lowest BCUT2D eigenvalue weighted by Gasteiger charge is -1.91. The first-order valence-electron chi connectivity index (χ1n) is 4.11. The lowest BCUT2D eigenvalue weighted by Crippen LogP contribution is -1.85. The molecule has 0 aliphatic heterocycles. The van der Waals surface area contributed by atoms with E-state index in [0.717, 1.165) is 16.1 Å². The Morgan fingerprint density at radius 3 is 3.07 bits per heavy atom. The highest BCUT2D eigenvalue weighted by molar-refractivity contribution is 7.09. The Morgan fingerprint density at radius 2 is 2.27 bits per heavy atom. The Balaban J connectivity index is 2.27. The Kier molecular flexibility index (Phi) is 1.90. The molecule has 3 aromatic heterocycles. The zero-order chi connectivity index (χ0) is 10.3. The van der Waals surface area contributed by atoms with Crippen LogP contribution in [0, 0.1) is 0 Å². The molecule has 0 N–H and O–H groups in total. The molecule has 5 nitrogen and oxygen atoms in total. The summed E-state index contributed by atoms with van der Waals surface area (Å²) in [7, 11) is 0. The van der Waals surface area contributed by atoms with Crippen molar-refractivity contribution in [2.24, 2.45) is 0 Å². The molecule has 15 heavy (non-hydrogen) atoms. The lowest BCUT2D eigenvalue weighted by atomic mass is 10.3. The van der Waals surface area contributed by atoms with Crippen LogP contribution < -0.4 is 0 Å². The molecule has 3 rings (SSSR count). The Labute approximate surface area is 93.5 Å². The van der Waals surface area contributed by atoms with Crippen molar-refractivity contribution in [1.29, 1.82) is 0 Å². The first kappa shape index (κ1) is 8.75. The van der Waals surface area contributed by atoms with Crippen LogP contribution in [0.5, 0.6) is 0 Å². The summed E-state index contributed by atoms with van der Waals surface area (Å²) in [6.45, 7) is 0. The largest absolute Gasteiger partial charge is 0.261 e. The van der Waals surface area contributed by atoms with Gasteiger partial charge >= 0.3 is 0 Å². The van der Waals surface area contributed by atoms with Gasteiger partial charge in [0.05, 0.1) is 23.5 Å². The van der Waals surface area contributed by atoms with Gasteiger partial charge in [-0.2, -0.15) is 9.47 Å². The van der Waals surface area contributed by atoms with Gasteiger partial charge in [0.1, 0.15) is 5.01 Å². The summed E-state index contributed by atoms with van der Waals surface area (Å²) in [6.07, 6.45) is 6.92. The van der Waals surface area contributed by atoms with Crippen LogP contribution in [-0.2, 0) is 0 Å². The normalized spacial score (nSPS) is 11.0. The summed E-state index contributed by atoms with van der Waals surface area (Å²) in [6, 6.07) is 0. The highest BCUT2D eigenvalue weighted by atomic mass is 35.5. The molecule has 3 heterocycles. The van der Waals surface area contributed by atoms with E-state index < -0.39 is 0 Å². The number of halogens is 1. The Bertz CT molecular complexity index is 616. The number of nitrogens with zero attached hydrogens (tertiary/aromatic N) is 5. The van der Waals surface area contributed by atoms with E-state index in [1.165, 1.54) is 11.5 Å².